The summed E-state index contributed by atoms with van der Waals surface area (Å²) in [6.45, 7) is 2.83. The predicted octanol–water partition coefficient (Wildman–Crippen LogP) is -1.64. The third-order valence-corrected chi connectivity index (χ3v) is 5.80. The smallest absolute Gasteiger partial charge is 0.305 e. The Morgan fingerprint density at radius 1 is 0.889 bits per heavy atom. The molecular weight excluding hydrogens is 490 g/mol. The molecule has 0 unspecified atom stereocenters. The molecule has 4 atom stereocenters. The zero-order chi connectivity index (χ0) is 26.8. The van der Waals surface area contributed by atoms with Crippen LogP contribution in [0.15, 0.2) is 30.3 Å². The summed E-state index contributed by atoms with van der Waals surface area (Å²) in [6.07, 6.45) is -0.711. The largest absolute Gasteiger partial charge is 0.481 e. The summed E-state index contributed by atoms with van der Waals surface area (Å²) < 4.78 is 0. The van der Waals surface area contributed by atoms with E-state index in [1.54, 1.807) is 44.2 Å². The van der Waals surface area contributed by atoms with Gasteiger partial charge in [-0.05, 0) is 11.5 Å². The number of aliphatic carboxylic acids is 1. The minimum absolute atomic E-state index is 0.0396. The van der Waals surface area contributed by atoms with Crippen molar-refractivity contribution in [2.75, 3.05) is 12.3 Å². The van der Waals surface area contributed by atoms with E-state index in [1.165, 1.54) is 0 Å². The van der Waals surface area contributed by atoms with E-state index in [-0.39, 0.29) is 18.1 Å². The highest BCUT2D eigenvalue weighted by molar-refractivity contribution is 7.80. The van der Waals surface area contributed by atoms with E-state index in [0.29, 0.717) is 5.56 Å². The van der Waals surface area contributed by atoms with Crippen LogP contribution in [0.1, 0.15) is 25.8 Å². The van der Waals surface area contributed by atoms with E-state index in [2.05, 4.69) is 39.2 Å². The first kappa shape index (κ1) is 28.6. The fourth-order valence-corrected chi connectivity index (χ4v) is 3.75. The van der Waals surface area contributed by atoms with Gasteiger partial charge in [0.2, 0.25) is 29.5 Å². The van der Waals surface area contributed by atoms with Crippen molar-refractivity contribution in [2.24, 2.45) is 5.92 Å². The van der Waals surface area contributed by atoms with Gasteiger partial charge in [0.15, 0.2) is 0 Å². The van der Waals surface area contributed by atoms with Gasteiger partial charge in [-0.2, -0.15) is 12.6 Å². The molecule has 1 saturated heterocycles. The van der Waals surface area contributed by atoms with Crippen molar-refractivity contribution in [1.29, 1.82) is 0 Å². The van der Waals surface area contributed by atoms with Crippen LogP contribution in [-0.2, 0) is 35.2 Å². The van der Waals surface area contributed by atoms with Crippen LogP contribution in [0.3, 0.4) is 0 Å². The zero-order valence-corrected chi connectivity index (χ0v) is 20.8. The number of nitrogens with one attached hydrogen (secondary N) is 5. The van der Waals surface area contributed by atoms with E-state index >= 15 is 0 Å². The summed E-state index contributed by atoms with van der Waals surface area (Å²) in [7, 11) is 0. The van der Waals surface area contributed by atoms with Gasteiger partial charge in [0.05, 0.1) is 13.0 Å². The third-order valence-electron chi connectivity index (χ3n) is 5.43. The van der Waals surface area contributed by atoms with Gasteiger partial charge < -0.3 is 31.7 Å². The topological polar surface area (TPSA) is 183 Å². The van der Waals surface area contributed by atoms with Gasteiger partial charge >= 0.3 is 5.97 Å². The third kappa shape index (κ3) is 8.56. The van der Waals surface area contributed by atoms with Gasteiger partial charge in [-0.1, -0.05) is 44.2 Å². The lowest BCUT2D eigenvalue weighted by molar-refractivity contribution is -0.141. The first-order valence-electron chi connectivity index (χ1n) is 11.4. The fraction of sp³-hybridized carbons (Fsp3) is 0.478. The number of benzene rings is 1. The van der Waals surface area contributed by atoms with Crippen LogP contribution in [0.4, 0.5) is 0 Å². The van der Waals surface area contributed by atoms with Gasteiger partial charge in [0.1, 0.15) is 24.2 Å². The molecule has 1 fully saturated rings. The SMILES string of the molecule is CC(C)[C@@H]1NC(=O)[C@@H](Cc2ccccc2)NC(=O)[C@H](CC(=O)O)NC(=O)CNC(=O)[C@H](CS)NC1=O. The molecule has 0 bridgehead atoms. The molecular formula is C23H31N5O7S. The maximum Gasteiger partial charge on any atom is 0.305 e. The number of rotatable bonds is 6. The quantitative estimate of drug-likeness (QED) is 0.219. The number of hydrogen-bond acceptors (Lipinski definition) is 7. The van der Waals surface area contributed by atoms with Crippen LogP contribution < -0.4 is 26.6 Å². The molecule has 13 heteroatoms. The van der Waals surface area contributed by atoms with E-state index in [4.69, 9.17) is 0 Å². The molecule has 1 aromatic rings. The number of thiol groups is 1. The molecule has 0 radical (unpaired) electrons. The summed E-state index contributed by atoms with van der Waals surface area (Å²) in [4.78, 5) is 75.4. The molecule has 0 aliphatic carbocycles. The molecule has 6 N–H and O–H groups in total. The molecule has 2 rings (SSSR count). The van der Waals surface area contributed by atoms with Crippen LogP contribution in [0, 0.1) is 5.92 Å². The summed E-state index contributed by atoms with van der Waals surface area (Å²) in [5.41, 5.74) is 0.699. The van der Waals surface area contributed by atoms with E-state index < -0.39 is 72.6 Å². The first-order chi connectivity index (χ1) is 17.0. The van der Waals surface area contributed by atoms with Crippen LogP contribution in [0.5, 0.6) is 0 Å². The van der Waals surface area contributed by atoms with Crippen molar-refractivity contribution in [3.8, 4) is 0 Å². The molecule has 1 heterocycles. The molecule has 1 aromatic carbocycles. The van der Waals surface area contributed by atoms with E-state index in [1.807, 2.05) is 0 Å². The number of carbonyl (C=O) groups excluding carboxylic acids is 5. The number of carbonyl (C=O) groups is 6. The van der Waals surface area contributed by atoms with Crippen molar-refractivity contribution in [3.05, 3.63) is 35.9 Å². The Kier molecular flexibility index (Phi) is 10.7. The average molecular weight is 522 g/mol. The maximum absolute atomic E-state index is 13.3. The lowest BCUT2D eigenvalue weighted by Gasteiger charge is -2.27. The predicted molar refractivity (Wildman–Crippen MR) is 132 cm³/mol. The monoisotopic (exact) mass is 521 g/mol. The molecule has 12 nitrogen and oxygen atoms in total. The molecule has 5 amide bonds. The second-order valence-electron chi connectivity index (χ2n) is 8.66. The highest BCUT2D eigenvalue weighted by Crippen LogP contribution is 2.08. The minimum atomic E-state index is -1.51. The Labute approximate surface area is 213 Å². The normalized spacial score (nSPS) is 24.4. The number of carboxylic acid groups (broad SMARTS) is 1. The summed E-state index contributed by atoms with van der Waals surface area (Å²) in [6, 6.07) is 3.91. The standard InChI is InChI=1S/C23H31N5O7S/c1-12(2)19-23(35)27-16(11-36)20(32)24-10-17(29)25-15(9-18(30)31)21(33)26-14(22(34)28-19)8-13-6-4-3-5-7-13/h3-7,12,14-16,19,36H,8-11H2,1-2H3,(H,24,32)(H,25,29)(H,26,33)(H,27,35)(H,28,34)(H,30,31)/t14-,15+,16+,19+/m1/s1. The Morgan fingerprint density at radius 2 is 1.50 bits per heavy atom. The molecule has 1 aliphatic heterocycles. The Hall–Kier alpha value is -3.61. The second-order valence-corrected chi connectivity index (χ2v) is 9.03. The molecule has 196 valence electrons. The van der Waals surface area contributed by atoms with Crippen molar-refractivity contribution >= 4 is 48.1 Å². The minimum Gasteiger partial charge on any atom is -0.481 e. The highest BCUT2D eigenvalue weighted by Gasteiger charge is 2.33. The van der Waals surface area contributed by atoms with Crippen molar-refractivity contribution < 1.29 is 33.9 Å². The first-order valence-corrected chi connectivity index (χ1v) is 12.0. The number of hydrogen-bond donors (Lipinski definition) is 7. The molecule has 0 aromatic heterocycles. The van der Waals surface area contributed by atoms with Gasteiger partial charge in [-0.25, -0.2) is 0 Å². The molecule has 36 heavy (non-hydrogen) atoms. The fourth-order valence-electron chi connectivity index (χ4n) is 3.50. The molecule has 0 saturated carbocycles. The zero-order valence-electron chi connectivity index (χ0n) is 19.9. The van der Waals surface area contributed by atoms with Gasteiger partial charge in [-0.3, -0.25) is 28.8 Å². The van der Waals surface area contributed by atoms with Crippen molar-refractivity contribution in [1.82, 2.24) is 26.6 Å². The van der Waals surface area contributed by atoms with Gasteiger partial charge in [0.25, 0.3) is 0 Å². The summed E-state index contributed by atoms with van der Waals surface area (Å²) in [5, 5.41) is 21.5. The lowest BCUT2D eigenvalue weighted by Crippen LogP contribution is -2.59. The molecule has 1 aliphatic rings. The van der Waals surface area contributed by atoms with Gasteiger partial charge in [-0.15, -0.1) is 0 Å². The van der Waals surface area contributed by atoms with E-state index in [0.717, 1.165) is 0 Å². The lowest BCUT2D eigenvalue weighted by atomic mass is 10.00. The summed E-state index contributed by atoms with van der Waals surface area (Å²) in [5.74, 6) is -5.59. The average Bonchev–Trinajstić information content (AvgIpc) is 2.82. The van der Waals surface area contributed by atoms with Crippen LogP contribution >= 0.6 is 12.6 Å². The molecule has 0 spiro atoms. The van der Waals surface area contributed by atoms with Crippen LogP contribution in [0.2, 0.25) is 0 Å². The Balaban J connectivity index is 2.44. The summed E-state index contributed by atoms with van der Waals surface area (Å²) >= 11 is 4.08. The Bertz CT molecular complexity index is 988. The Morgan fingerprint density at radius 3 is 2.08 bits per heavy atom. The van der Waals surface area contributed by atoms with Crippen LogP contribution in [0.25, 0.3) is 0 Å². The van der Waals surface area contributed by atoms with E-state index in [9.17, 15) is 33.9 Å². The van der Waals surface area contributed by atoms with Crippen molar-refractivity contribution in [3.63, 3.8) is 0 Å². The number of amides is 5. The van der Waals surface area contributed by atoms with Gasteiger partial charge in [0, 0.05) is 12.2 Å². The number of carboxylic acids is 1. The highest BCUT2D eigenvalue weighted by atomic mass is 32.1. The van der Waals surface area contributed by atoms with Crippen molar-refractivity contribution in [2.45, 2.75) is 50.9 Å². The maximum atomic E-state index is 13.3. The van der Waals surface area contributed by atoms with Crippen LogP contribution in [-0.4, -0.2) is 77.1 Å². The second kappa shape index (κ2) is 13.5.